The van der Waals surface area contributed by atoms with Gasteiger partial charge in [-0.3, -0.25) is 14.2 Å². The Morgan fingerprint density at radius 2 is 1.93 bits per heavy atom. The highest BCUT2D eigenvalue weighted by atomic mass is 32.2. The van der Waals surface area contributed by atoms with E-state index in [1.165, 1.54) is 28.8 Å². The van der Waals surface area contributed by atoms with Crippen molar-refractivity contribution in [3.05, 3.63) is 76.6 Å². The molecule has 1 saturated carbocycles. The molecule has 0 radical (unpaired) electrons. The van der Waals surface area contributed by atoms with Gasteiger partial charge in [0.05, 0.1) is 31.8 Å². The fourth-order valence-corrected chi connectivity index (χ4v) is 7.05. The van der Waals surface area contributed by atoms with Crippen molar-refractivity contribution in [3.63, 3.8) is 0 Å². The summed E-state index contributed by atoms with van der Waals surface area (Å²) in [6.07, 6.45) is -0.787. The Labute approximate surface area is 251 Å². The van der Waals surface area contributed by atoms with Crippen molar-refractivity contribution in [2.24, 2.45) is 0 Å². The van der Waals surface area contributed by atoms with Gasteiger partial charge in [-0.15, -0.1) is 10.2 Å². The summed E-state index contributed by atoms with van der Waals surface area (Å²) in [5.74, 6) is -2.33. The summed E-state index contributed by atoms with van der Waals surface area (Å²) in [5, 5.41) is 7.11. The summed E-state index contributed by atoms with van der Waals surface area (Å²) >= 11 is 0. The quantitative estimate of drug-likeness (QED) is 0.274. The number of carbonyl (C=O) groups excluding carboxylic acids is 1. The van der Waals surface area contributed by atoms with Crippen LogP contribution in [0.3, 0.4) is 0 Å². The van der Waals surface area contributed by atoms with Crippen LogP contribution in [-0.2, 0) is 32.3 Å². The van der Waals surface area contributed by atoms with Gasteiger partial charge in [-0.05, 0) is 74.6 Å². The maximum absolute atomic E-state index is 13.8. The molecule has 0 aromatic carbocycles. The van der Waals surface area contributed by atoms with Gasteiger partial charge in [-0.1, -0.05) is 6.07 Å². The van der Waals surface area contributed by atoms with Gasteiger partial charge in [-0.25, -0.2) is 13.4 Å². The minimum atomic E-state index is -4.71. The topological polar surface area (TPSA) is 129 Å². The molecule has 1 spiro atoms. The lowest BCUT2D eigenvalue weighted by atomic mass is 9.89. The molecule has 11 nitrogen and oxygen atoms in total. The maximum atomic E-state index is 13.8. The molecule has 2 aliphatic rings. The number of hydrogen-bond acceptors (Lipinski definition) is 9. The monoisotopic (exact) mass is 630 g/mol. The molecule has 0 saturated heterocycles. The third kappa shape index (κ3) is 5.38. The highest BCUT2D eigenvalue weighted by Crippen LogP contribution is 2.46. The molecule has 0 bridgehead atoms. The Kier molecular flexibility index (Phi) is 7.35. The normalized spacial score (nSPS) is 18.0. The van der Waals surface area contributed by atoms with E-state index in [2.05, 4.69) is 15.2 Å². The fourth-order valence-electron chi connectivity index (χ4n) is 5.51. The van der Waals surface area contributed by atoms with E-state index in [4.69, 9.17) is 14.5 Å². The Morgan fingerprint density at radius 1 is 1.16 bits per heavy atom. The molecule has 1 aliphatic carbocycles. The van der Waals surface area contributed by atoms with Gasteiger partial charge in [0.2, 0.25) is 21.7 Å². The first-order valence-corrected chi connectivity index (χ1v) is 15.4. The zero-order chi connectivity index (χ0) is 31.4. The summed E-state index contributed by atoms with van der Waals surface area (Å²) in [5.41, 5.74) is 1.85. The van der Waals surface area contributed by atoms with Crippen LogP contribution in [-0.4, -0.2) is 62.0 Å². The number of sulfonamides is 1. The molecule has 15 heteroatoms. The van der Waals surface area contributed by atoms with Gasteiger partial charge in [0.15, 0.2) is 5.65 Å². The number of rotatable bonds is 7. The molecule has 6 rings (SSSR count). The van der Waals surface area contributed by atoms with Gasteiger partial charge in [0.25, 0.3) is 0 Å². The van der Waals surface area contributed by atoms with Crippen molar-refractivity contribution in [2.75, 3.05) is 13.2 Å². The summed E-state index contributed by atoms with van der Waals surface area (Å²) in [6, 6.07) is 8.00. The molecule has 1 fully saturated rings. The molecular formula is C29H29F3N6O5S. The molecule has 44 heavy (non-hydrogen) atoms. The number of pyridine rings is 3. The van der Waals surface area contributed by atoms with Gasteiger partial charge >= 0.3 is 12.1 Å². The highest BCUT2D eigenvalue weighted by molar-refractivity contribution is 7.89. The lowest BCUT2D eigenvalue weighted by molar-refractivity contribution is -0.145. The predicted molar refractivity (Wildman–Crippen MR) is 149 cm³/mol. The Morgan fingerprint density at radius 3 is 2.64 bits per heavy atom. The number of halogens is 3. The minimum absolute atomic E-state index is 0.00585. The molecule has 232 valence electrons. The van der Waals surface area contributed by atoms with E-state index in [9.17, 15) is 26.4 Å². The van der Waals surface area contributed by atoms with Crippen molar-refractivity contribution in [1.29, 1.82) is 0 Å². The first kappa shape index (κ1) is 29.9. The van der Waals surface area contributed by atoms with Crippen LogP contribution in [0.5, 0.6) is 5.88 Å². The summed E-state index contributed by atoms with van der Waals surface area (Å²) < 4.78 is 81.5. The molecule has 4 aromatic heterocycles. The first-order valence-electron chi connectivity index (χ1n) is 14.0. The van der Waals surface area contributed by atoms with Crippen LogP contribution in [0, 0.1) is 13.8 Å². The number of hydrogen-bond donors (Lipinski definition) is 0. The molecule has 1 unspecified atom stereocenters. The standard InChI is InChI=1S/C29H29F3N6O5S/c1-4-42-24(39)14-20(19-9-13-38-25(18(19)3)35-36-27(38)29(30,31)32)21-8-7-17(2)22(34-21)15-37-16-28(10-11-28)43-26-23(44(37,40)41)6-5-12-33-26/h5-9,12-13,20H,4,10-11,14-16H2,1-3H3. The molecule has 1 atom stereocenters. The van der Waals surface area contributed by atoms with Crippen LogP contribution >= 0.6 is 0 Å². The molecule has 5 heterocycles. The van der Waals surface area contributed by atoms with Crippen molar-refractivity contribution in [2.45, 2.75) is 69.2 Å². The lowest BCUT2D eigenvalue weighted by Gasteiger charge is -2.24. The van der Waals surface area contributed by atoms with Crippen LogP contribution < -0.4 is 4.74 Å². The number of ether oxygens (including phenoxy) is 2. The van der Waals surface area contributed by atoms with Crippen molar-refractivity contribution in [3.8, 4) is 5.88 Å². The van der Waals surface area contributed by atoms with E-state index in [1.807, 2.05) is 6.92 Å². The fraction of sp³-hybridized carbons (Fsp3) is 0.414. The van der Waals surface area contributed by atoms with Crippen molar-refractivity contribution >= 4 is 21.6 Å². The number of carbonyl (C=O) groups is 1. The van der Waals surface area contributed by atoms with E-state index >= 15 is 0 Å². The van der Waals surface area contributed by atoms with Gasteiger partial charge in [0.1, 0.15) is 10.5 Å². The van der Waals surface area contributed by atoms with Crippen LogP contribution in [0.15, 0.2) is 47.6 Å². The number of fused-ring (bicyclic) bond motifs is 2. The average Bonchev–Trinajstić information content (AvgIpc) is 3.58. The van der Waals surface area contributed by atoms with E-state index in [0.29, 0.717) is 35.4 Å². The van der Waals surface area contributed by atoms with E-state index < -0.39 is 39.5 Å². The van der Waals surface area contributed by atoms with E-state index in [-0.39, 0.29) is 42.5 Å². The van der Waals surface area contributed by atoms with Crippen LogP contribution in [0.4, 0.5) is 13.2 Å². The van der Waals surface area contributed by atoms with E-state index in [1.54, 1.807) is 32.0 Å². The van der Waals surface area contributed by atoms with Crippen LogP contribution in [0.2, 0.25) is 0 Å². The van der Waals surface area contributed by atoms with Crippen molar-refractivity contribution < 1.29 is 35.9 Å². The van der Waals surface area contributed by atoms with Crippen LogP contribution in [0.1, 0.15) is 66.0 Å². The second kappa shape index (κ2) is 10.8. The van der Waals surface area contributed by atoms with Crippen molar-refractivity contribution in [1.82, 2.24) is 28.9 Å². The largest absolute Gasteiger partial charge is 0.469 e. The summed E-state index contributed by atoms with van der Waals surface area (Å²) in [4.78, 5) is 21.8. The number of alkyl halides is 3. The third-order valence-electron chi connectivity index (χ3n) is 8.02. The lowest BCUT2D eigenvalue weighted by Crippen LogP contribution is -2.38. The zero-order valence-corrected chi connectivity index (χ0v) is 24.9. The Hall–Kier alpha value is -4.11. The second-order valence-corrected chi connectivity index (χ2v) is 12.9. The first-order chi connectivity index (χ1) is 20.8. The second-order valence-electron chi connectivity index (χ2n) is 11.0. The molecule has 0 N–H and O–H groups in total. The predicted octanol–water partition coefficient (Wildman–Crippen LogP) is 4.36. The molecule has 0 amide bonds. The Balaban J connectivity index is 1.41. The summed E-state index contributed by atoms with van der Waals surface area (Å²) in [6.45, 7) is 5.28. The zero-order valence-electron chi connectivity index (χ0n) is 24.1. The molecule has 4 aromatic rings. The number of aromatic nitrogens is 5. The highest BCUT2D eigenvalue weighted by Gasteiger charge is 2.52. The van der Waals surface area contributed by atoms with Crippen LogP contribution in [0.25, 0.3) is 5.65 Å². The van der Waals surface area contributed by atoms with Gasteiger partial charge < -0.3 is 9.47 Å². The average molecular weight is 631 g/mol. The third-order valence-corrected chi connectivity index (χ3v) is 9.82. The van der Waals surface area contributed by atoms with E-state index in [0.717, 1.165) is 9.96 Å². The number of aryl methyl sites for hydroxylation is 2. The summed E-state index contributed by atoms with van der Waals surface area (Å²) in [7, 11) is -4.00. The Bertz CT molecular complexity index is 1870. The number of nitrogens with zero attached hydrogens (tertiary/aromatic N) is 6. The number of esters is 1. The minimum Gasteiger partial charge on any atom is -0.469 e. The molecule has 1 aliphatic heterocycles. The van der Waals surface area contributed by atoms with Gasteiger partial charge in [-0.2, -0.15) is 17.5 Å². The maximum Gasteiger partial charge on any atom is 0.452 e. The smallest absolute Gasteiger partial charge is 0.452 e. The molecular weight excluding hydrogens is 601 g/mol. The van der Waals surface area contributed by atoms with Gasteiger partial charge in [0, 0.05) is 24.0 Å². The SMILES string of the molecule is CCOC(=O)CC(c1ccc(C)c(CN2CC3(CC3)Oc3ncccc3S2(=O)=O)n1)c1ccn2c(C(F)(F)F)nnc2c1C.